The van der Waals surface area contributed by atoms with Crippen molar-refractivity contribution < 1.29 is 33.8 Å². The SMILES string of the molecule is [N-]=[N+]=CC(=O)CCC(NC(=O)C(O)Cc1c[nH]c2ccc(F)cc12)C(=O)O. The molecular weight excluding hydrogens is 359 g/mol. The number of aliphatic hydroxyl groups is 1. The number of aromatic amines is 1. The van der Waals surface area contributed by atoms with Crippen LogP contribution in [-0.4, -0.2) is 56.0 Å². The average molecular weight is 376 g/mol. The standard InChI is InChI=1S/C17H17FN4O5/c18-10-1-3-13-12(6-10)9(7-20-13)5-15(24)16(25)22-14(17(26)27)4-2-11(23)8-21-19/h1,3,6-8,14-15,20,24H,2,4-5H2,(H,22,25)(H,26,27). The average Bonchev–Trinajstić information content (AvgIpc) is 3.00. The molecule has 1 aromatic carbocycles. The number of fused-ring (bicyclic) bond motifs is 1. The molecule has 1 amide bonds. The summed E-state index contributed by atoms with van der Waals surface area (Å²) in [5.74, 6) is -3.39. The van der Waals surface area contributed by atoms with Gasteiger partial charge in [0.2, 0.25) is 11.7 Å². The van der Waals surface area contributed by atoms with Gasteiger partial charge in [0.05, 0.1) is 0 Å². The largest absolute Gasteiger partial charge is 0.480 e. The Labute approximate surface area is 152 Å². The topological polar surface area (TPSA) is 156 Å². The molecule has 0 aliphatic carbocycles. The van der Waals surface area contributed by atoms with Crippen LogP contribution < -0.4 is 5.32 Å². The van der Waals surface area contributed by atoms with Crippen LogP contribution in [0.4, 0.5) is 4.39 Å². The molecule has 1 aromatic heterocycles. The maximum absolute atomic E-state index is 13.4. The van der Waals surface area contributed by atoms with Crippen molar-refractivity contribution in [2.45, 2.75) is 31.4 Å². The number of Topliss-reactive ketones (excluding diaryl/α,β-unsaturated/α-hetero) is 1. The molecule has 2 rings (SSSR count). The third kappa shape index (κ3) is 5.30. The molecule has 0 bridgehead atoms. The van der Waals surface area contributed by atoms with Gasteiger partial charge in [-0.2, -0.15) is 4.79 Å². The normalized spacial score (nSPS) is 12.8. The van der Waals surface area contributed by atoms with Gasteiger partial charge in [0.1, 0.15) is 18.0 Å². The number of hydrogen-bond donors (Lipinski definition) is 4. The molecule has 2 unspecified atom stereocenters. The number of carboxylic acids is 1. The fourth-order valence-corrected chi connectivity index (χ4v) is 2.56. The number of aliphatic carboxylic acids is 1. The number of rotatable bonds is 9. The Kier molecular flexibility index (Phi) is 6.53. The van der Waals surface area contributed by atoms with Gasteiger partial charge < -0.3 is 26.0 Å². The first-order chi connectivity index (χ1) is 12.8. The van der Waals surface area contributed by atoms with Gasteiger partial charge in [-0.25, -0.2) is 9.18 Å². The van der Waals surface area contributed by atoms with E-state index < -0.39 is 35.6 Å². The van der Waals surface area contributed by atoms with Crippen molar-refractivity contribution in [3.63, 3.8) is 0 Å². The highest BCUT2D eigenvalue weighted by Gasteiger charge is 2.25. The zero-order chi connectivity index (χ0) is 20.0. The molecule has 4 N–H and O–H groups in total. The van der Waals surface area contributed by atoms with E-state index in [1.54, 1.807) is 0 Å². The highest BCUT2D eigenvalue weighted by Crippen LogP contribution is 2.20. The first kappa shape index (κ1) is 20.0. The lowest BCUT2D eigenvalue weighted by Crippen LogP contribution is -2.46. The van der Waals surface area contributed by atoms with Crippen LogP contribution in [0.1, 0.15) is 18.4 Å². The molecule has 0 saturated carbocycles. The van der Waals surface area contributed by atoms with Crippen molar-refractivity contribution in [2.75, 3.05) is 0 Å². The molecule has 0 aliphatic rings. The number of carbonyl (C=O) groups is 3. The van der Waals surface area contributed by atoms with Crippen LogP contribution in [0.3, 0.4) is 0 Å². The predicted octanol–water partition coefficient (Wildman–Crippen LogP) is 0.430. The number of carbonyl (C=O) groups excluding carboxylic acids is 2. The fraction of sp³-hybridized carbons (Fsp3) is 0.294. The molecule has 142 valence electrons. The van der Waals surface area contributed by atoms with E-state index in [0.717, 1.165) is 0 Å². The number of benzene rings is 1. The number of H-pyrrole nitrogens is 1. The van der Waals surface area contributed by atoms with Crippen LogP contribution in [0.15, 0.2) is 24.4 Å². The van der Waals surface area contributed by atoms with Gasteiger partial charge in [-0.15, -0.1) is 0 Å². The Hall–Kier alpha value is -3.36. The second-order valence-electron chi connectivity index (χ2n) is 5.87. The Morgan fingerprint density at radius 3 is 2.78 bits per heavy atom. The van der Waals surface area contributed by atoms with E-state index in [1.807, 2.05) is 0 Å². The summed E-state index contributed by atoms with van der Waals surface area (Å²) < 4.78 is 13.4. The van der Waals surface area contributed by atoms with Crippen LogP contribution in [-0.2, 0) is 20.8 Å². The fourth-order valence-electron chi connectivity index (χ4n) is 2.56. The molecule has 9 nitrogen and oxygen atoms in total. The zero-order valence-corrected chi connectivity index (χ0v) is 14.1. The van der Waals surface area contributed by atoms with Crippen LogP contribution in [0, 0.1) is 5.82 Å². The van der Waals surface area contributed by atoms with Crippen LogP contribution in [0.2, 0.25) is 0 Å². The Morgan fingerprint density at radius 1 is 1.37 bits per heavy atom. The number of hydrogen-bond acceptors (Lipinski definition) is 4. The van der Waals surface area contributed by atoms with E-state index in [4.69, 9.17) is 10.6 Å². The van der Waals surface area contributed by atoms with E-state index in [1.165, 1.54) is 24.4 Å². The van der Waals surface area contributed by atoms with Gasteiger partial charge in [-0.05, 0) is 30.2 Å². The third-order valence-corrected chi connectivity index (χ3v) is 3.94. The summed E-state index contributed by atoms with van der Waals surface area (Å²) in [6.45, 7) is 0. The molecule has 0 radical (unpaired) electrons. The lowest BCUT2D eigenvalue weighted by atomic mass is 10.0. The lowest BCUT2D eigenvalue weighted by Gasteiger charge is -2.16. The van der Waals surface area contributed by atoms with Crippen molar-refractivity contribution in [1.82, 2.24) is 10.3 Å². The van der Waals surface area contributed by atoms with E-state index in [0.29, 0.717) is 22.7 Å². The summed E-state index contributed by atoms with van der Waals surface area (Å²) in [4.78, 5) is 40.0. The number of nitrogens with zero attached hydrogens (tertiary/aromatic N) is 2. The maximum Gasteiger partial charge on any atom is 0.326 e. The van der Waals surface area contributed by atoms with Crippen molar-refractivity contribution >= 4 is 34.8 Å². The summed E-state index contributed by atoms with van der Waals surface area (Å²) in [6.07, 6.45) is -0.0642. The first-order valence-electron chi connectivity index (χ1n) is 7.99. The number of nitrogens with one attached hydrogen (secondary N) is 2. The number of amides is 1. The number of halogens is 1. The number of aromatic nitrogens is 1. The van der Waals surface area contributed by atoms with Crippen molar-refractivity contribution in [3.05, 3.63) is 41.3 Å². The summed E-state index contributed by atoms with van der Waals surface area (Å²) in [5, 5.41) is 21.9. The zero-order valence-electron chi connectivity index (χ0n) is 14.1. The minimum absolute atomic E-state index is 0.155. The van der Waals surface area contributed by atoms with Crippen LogP contribution in [0.5, 0.6) is 0 Å². The smallest absolute Gasteiger partial charge is 0.326 e. The van der Waals surface area contributed by atoms with Crippen molar-refractivity contribution in [3.8, 4) is 0 Å². The number of carboxylic acid groups (broad SMARTS) is 1. The molecule has 27 heavy (non-hydrogen) atoms. The molecule has 2 atom stereocenters. The van der Waals surface area contributed by atoms with Gasteiger partial charge in [0, 0.05) is 29.9 Å². The Morgan fingerprint density at radius 2 is 2.11 bits per heavy atom. The molecule has 2 aromatic rings. The first-order valence-corrected chi connectivity index (χ1v) is 7.99. The van der Waals surface area contributed by atoms with Crippen molar-refractivity contribution in [1.29, 1.82) is 0 Å². The molecular formula is C17H17FN4O5. The van der Waals surface area contributed by atoms with E-state index in [-0.39, 0.29) is 19.3 Å². The van der Waals surface area contributed by atoms with Gasteiger partial charge in [-0.3, -0.25) is 9.59 Å². The molecule has 1 heterocycles. The van der Waals surface area contributed by atoms with Gasteiger partial charge in [0.15, 0.2) is 0 Å². The molecule has 0 saturated heterocycles. The number of ketones is 1. The van der Waals surface area contributed by atoms with Crippen LogP contribution in [0.25, 0.3) is 16.4 Å². The molecule has 0 aliphatic heterocycles. The summed E-state index contributed by atoms with van der Waals surface area (Å²) >= 11 is 0. The molecule has 10 heteroatoms. The summed E-state index contributed by atoms with van der Waals surface area (Å²) in [7, 11) is 0. The van der Waals surface area contributed by atoms with Crippen molar-refractivity contribution in [2.24, 2.45) is 0 Å². The van der Waals surface area contributed by atoms with Gasteiger partial charge in [0.25, 0.3) is 0 Å². The minimum atomic E-state index is -1.57. The quantitative estimate of drug-likeness (QED) is 0.284. The van der Waals surface area contributed by atoms with Gasteiger partial charge in [-0.1, -0.05) is 0 Å². The second kappa shape index (κ2) is 8.84. The van der Waals surface area contributed by atoms with E-state index in [2.05, 4.69) is 15.1 Å². The highest BCUT2D eigenvalue weighted by molar-refractivity contribution is 6.25. The number of aliphatic hydroxyl groups excluding tert-OH is 1. The third-order valence-electron chi connectivity index (χ3n) is 3.94. The Bertz CT molecular complexity index is 919. The van der Waals surface area contributed by atoms with Crippen LogP contribution >= 0.6 is 0 Å². The van der Waals surface area contributed by atoms with E-state index in [9.17, 15) is 23.9 Å². The second-order valence-corrected chi connectivity index (χ2v) is 5.87. The minimum Gasteiger partial charge on any atom is -0.480 e. The van der Waals surface area contributed by atoms with E-state index >= 15 is 0 Å². The lowest BCUT2D eigenvalue weighted by molar-refractivity contribution is -0.143. The van der Waals surface area contributed by atoms with Gasteiger partial charge >= 0.3 is 12.2 Å². The monoisotopic (exact) mass is 376 g/mol. The molecule has 0 spiro atoms. The molecule has 0 fully saturated rings. The predicted molar refractivity (Wildman–Crippen MR) is 91.5 cm³/mol. The summed E-state index contributed by atoms with van der Waals surface area (Å²) in [6, 6.07) is 2.66. The summed E-state index contributed by atoms with van der Waals surface area (Å²) in [5.41, 5.74) is 9.37. The Balaban J connectivity index is 2.01. The highest BCUT2D eigenvalue weighted by atomic mass is 19.1. The maximum atomic E-state index is 13.4.